The van der Waals surface area contributed by atoms with Crippen LogP contribution in [0.5, 0.6) is 0 Å². The van der Waals surface area contributed by atoms with E-state index in [1.807, 2.05) is 0 Å². The van der Waals surface area contributed by atoms with Gasteiger partial charge >= 0.3 is 0 Å². The fourth-order valence-corrected chi connectivity index (χ4v) is 2.38. The van der Waals surface area contributed by atoms with Gasteiger partial charge in [0.2, 0.25) is 0 Å². The van der Waals surface area contributed by atoms with Crippen LogP contribution in [0.3, 0.4) is 0 Å². The van der Waals surface area contributed by atoms with Crippen molar-refractivity contribution < 1.29 is 0 Å². The molecule has 0 heteroatoms. The van der Waals surface area contributed by atoms with E-state index in [2.05, 4.69) is 37.3 Å². The summed E-state index contributed by atoms with van der Waals surface area (Å²) in [6.45, 7) is 2.29. The van der Waals surface area contributed by atoms with E-state index < -0.39 is 0 Å². The molecule has 0 spiro atoms. The topological polar surface area (TPSA) is 0 Å². The highest BCUT2D eigenvalue weighted by molar-refractivity contribution is 5.21. The number of benzene rings is 1. The Bertz CT molecular complexity index is 244. The Balaban J connectivity index is 1.87. The van der Waals surface area contributed by atoms with Crippen molar-refractivity contribution in [2.24, 2.45) is 5.92 Å². The Kier molecular flexibility index (Phi) is 2.68. The Labute approximate surface area is 81.0 Å². The van der Waals surface area contributed by atoms with Gasteiger partial charge in [-0.15, -0.1) is 0 Å². The first-order chi connectivity index (χ1) is 6.40. The van der Waals surface area contributed by atoms with Crippen LogP contribution in [0.2, 0.25) is 0 Å². The van der Waals surface area contributed by atoms with Crippen molar-refractivity contribution in [2.45, 2.75) is 38.5 Å². The van der Waals surface area contributed by atoms with Gasteiger partial charge in [-0.05, 0) is 30.2 Å². The third-order valence-electron chi connectivity index (χ3n) is 3.20. The lowest BCUT2D eigenvalue weighted by atomic mass is 9.70. The lowest BCUT2D eigenvalue weighted by Crippen LogP contribution is -2.21. The number of rotatable bonds is 3. The van der Waals surface area contributed by atoms with Crippen molar-refractivity contribution in [3.63, 3.8) is 0 Å². The van der Waals surface area contributed by atoms with Crippen LogP contribution < -0.4 is 0 Å². The smallest absolute Gasteiger partial charge is 0.0157 e. The zero-order valence-electron chi connectivity index (χ0n) is 8.37. The van der Waals surface area contributed by atoms with Gasteiger partial charge in [0.05, 0.1) is 0 Å². The maximum absolute atomic E-state index is 2.29. The van der Waals surface area contributed by atoms with Crippen molar-refractivity contribution in [2.75, 3.05) is 0 Å². The third-order valence-corrected chi connectivity index (χ3v) is 3.20. The van der Waals surface area contributed by atoms with Gasteiger partial charge in [-0.25, -0.2) is 0 Å². The van der Waals surface area contributed by atoms with Gasteiger partial charge in [-0.3, -0.25) is 0 Å². The second kappa shape index (κ2) is 3.95. The second-order valence-corrected chi connectivity index (χ2v) is 4.23. The maximum Gasteiger partial charge on any atom is -0.0157 e. The first-order valence-electron chi connectivity index (χ1n) is 5.45. The molecule has 0 aromatic heterocycles. The summed E-state index contributed by atoms with van der Waals surface area (Å²) >= 11 is 0. The van der Waals surface area contributed by atoms with E-state index in [1.54, 1.807) is 5.56 Å². The van der Waals surface area contributed by atoms with Gasteiger partial charge in [0.25, 0.3) is 0 Å². The molecule has 0 nitrogen and oxygen atoms in total. The summed E-state index contributed by atoms with van der Waals surface area (Å²) in [5.41, 5.74) is 1.55. The molecule has 0 amide bonds. The van der Waals surface area contributed by atoms with Gasteiger partial charge in [-0.2, -0.15) is 0 Å². The predicted octanol–water partition coefficient (Wildman–Crippen LogP) is 3.98. The lowest BCUT2D eigenvalue weighted by molar-refractivity contribution is 0.246. The largest absolute Gasteiger partial charge is 0.0654 e. The van der Waals surface area contributed by atoms with Crippen molar-refractivity contribution in [3.8, 4) is 0 Å². The number of hydrogen-bond acceptors (Lipinski definition) is 0. The Hall–Kier alpha value is -0.780. The van der Waals surface area contributed by atoms with Crippen molar-refractivity contribution in [3.05, 3.63) is 35.9 Å². The van der Waals surface area contributed by atoms with E-state index in [0.717, 1.165) is 11.8 Å². The molecule has 1 aliphatic rings. The standard InChI is InChI=1S/C13H18/c1-2-6-11-9-13(10-11)12-7-4-3-5-8-12/h3-5,7-8,11,13H,2,6,9-10H2,1H3. The monoisotopic (exact) mass is 174 g/mol. The Morgan fingerprint density at radius 1 is 1.15 bits per heavy atom. The predicted molar refractivity (Wildman–Crippen MR) is 56.8 cm³/mol. The fourth-order valence-electron chi connectivity index (χ4n) is 2.38. The zero-order valence-corrected chi connectivity index (χ0v) is 8.37. The normalized spacial score (nSPS) is 26.8. The van der Waals surface area contributed by atoms with Gasteiger partial charge in [0, 0.05) is 0 Å². The van der Waals surface area contributed by atoms with Crippen molar-refractivity contribution in [1.82, 2.24) is 0 Å². The molecule has 1 saturated carbocycles. The molecule has 1 fully saturated rings. The Morgan fingerprint density at radius 2 is 1.85 bits per heavy atom. The highest BCUT2D eigenvalue weighted by Gasteiger charge is 2.28. The van der Waals surface area contributed by atoms with E-state index in [0.29, 0.717) is 0 Å². The van der Waals surface area contributed by atoms with Crippen LogP contribution in [0.25, 0.3) is 0 Å². The SMILES string of the molecule is CCCC1CC(c2ccccc2)C1. The average Bonchev–Trinajstić information content (AvgIpc) is 2.12. The molecule has 70 valence electrons. The van der Waals surface area contributed by atoms with Gasteiger partial charge in [0.1, 0.15) is 0 Å². The molecular weight excluding hydrogens is 156 g/mol. The van der Waals surface area contributed by atoms with Gasteiger partial charge < -0.3 is 0 Å². The lowest BCUT2D eigenvalue weighted by Gasteiger charge is -2.35. The summed E-state index contributed by atoms with van der Waals surface area (Å²) in [5, 5.41) is 0. The van der Waals surface area contributed by atoms with Crippen LogP contribution in [-0.4, -0.2) is 0 Å². The zero-order chi connectivity index (χ0) is 9.10. The summed E-state index contributed by atoms with van der Waals surface area (Å²) in [6, 6.07) is 11.0. The molecule has 13 heavy (non-hydrogen) atoms. The molecule has 1 aliphatic carbocycles. The summed E-state index contributed by atoms with van der Waals surface area (Å²) in [6.07, 6.45) is 5.64. The molecule has 0 heterocycles. The second-order valence-electron chi connectivity index (χ2n) is 4.23. The molecule has 0 saturated heterocycles. The summed E-state index contributed by atoms with van der Waals surface area (Å²) in [4.78, 5) is 0. The van der Waals surface area contributed by atoms with Crippen LogP contribution in [-0.2, 0) is 0 Å². The minimum absolute atomic E-state index is 0.873. The molecule has 0 N–H and O–H groups in total. The van der Waals surface area contributed by atoms with E-state index in [-0.39, 0.29) is 0 Å². The molecule has 1 aromatic rings. The first kappa shape index (κ1) is 8.80. The average molecular weight is 174 g/mol. The molecule has 0 radical (unpaired) electrons. The molecular formula is C13H18. The van der Waals surface area contributed by atoms with E-state index in [1.165, 1.54) is 25.7 Å². The van der Waals surface area contributed by atoms with Crippen LogP contribution in [0.15, 0.2) is 30.3 Å². The van der Waals surface area contributed by atoms with E-state index in [4.69, 9.17) is 0 Å². The van der Waals surface area contributed by atoms with E-state index >= 15 is 0 Å². The van der Waals surface area contributed by atoms with Crippen LogP contribution in [0.4, 0.5) is 0 Å². The van der Waals surface area contributed by atoms with Gasteiger partial charge in [0.15, 0.2) is 0 Å². The highest BCUT2D eigenvalue weighted by atomic mass is 14.3. The van der Waals surface area contributed by atoms with Crippen molar-refractivity contribution in [1.29, 1.82) is 0 Å². The maximum atomic E-state index is 2.29. The minimum atomic E-state index is 0.873. The molecule has 0 bridgehead atoms. The number of hydrogen-bond donors (Lipinski definition) is 0. The Morgan fingerprint density at radius 3 is 2.46 bits per heavy atom. The van der Waals surface area contributed by atoms with E-state index in [9.17, 15) is 0 Å². The minimum Gasteiger partial charge on any atom is -0.0654 e. The first-order valence-corrected chi connectivity index (χ1v) is 5.45. The summed E-state index contributed by atoms with van der Waals surface area (Å²) < 4.78 is 0. The molecule has 2 rings (SSSR count). The molecule has 1 aromatic carbocycles. The quantitative estimate of drug-likeness (QED) is 0.650. The van der Waals surface area contributed by atoms with Crippen molar-refractivity contribution >= 4 is 0 Å². The van der Waals surface area contributed by atoms with Crippen LogP contribution in [0, 0.1) is 5.92 Å². The molecule has 0 unspecified atom stereocenters. The highest BCUT2D eigenvalue weighted by Crippen LogP contribution is 2.43. The molecule has 0 atom stereocenters. The van der Waals surface area contributed by atoms with Gasteiger partial charge in [-0.1, -0.05) is 50.1 Å². The summed E-state index contributed by atoms with van der Waals surface area (Å²) in [5.74, 6) is 1.90. The third kappa shape index (κ3) is 1.93. The van der Waals surface area contributed by atoms with Crippen LogP contribution in [0.1, 0.15) is 44.1 Å². The van der Waals surface area contributed by atoms with Crippen LogP contribution >= 0.6 is 0 Å². The molecule has 0 aliphatic heterocycles. The summed E-state index contributed by atoms with van der Waals surface area (Å²) in [7, 11) is 0. The fraction of sp³-hybridized carbons (Fsp3) is 0.538.